The standard InChI is InChI=1S/C38H39ClN10O8/c1-38(2,3)57-36(55)22-12-14-48(15-13-22)37(56)42-25-7-4-21(5-8-25)16-29(32(50)41-26-9-10-27-23(17-26)18-30(43-27)35(53)54)45-34(52)33(51)44-28-19-24(39)6-11-31(28)49-20-40-46-47-49/h4-11,17-20,22,29,43H,12-16H2,1-3H3,(H,41,50)(H,42,56)(H,44,51)(H,45,52)(H,53,54)/t29-/m0/s1. The fraction of sp³-hybridized carbons (Fsp3) is 0.289. The molecule has 0 unspecified atom stereocenters. The van der Waals surface area contributed by atoms with Crippen molar-refractivity contribution in [1.29, 1.82) is 0 Å². The lowest BCUT2D eigenvalue weighted by molar-refractivity contribution is -0.161. The third kappa shape index (κ3) is 10.3. The lowest BCUT2D eigenvalue weighted by atomic mass is 9.97. The first kappa shape index (κ1) is 39.9. The molecule has 6 N–H and O–H groups in total. The number of amides is 5. The average Bonchev–Trinajstić information content (AvgIpc) is 3.86. The van der Waals surface area contributed by atoms with Gasteiger partial charge in [-0.1, -0.05) is 23.7 Å². The van der Waals surface area contributed by atoms with E-state index in [1.807, 2.05) is 20.8 Å². The van der Waals surface area contributed by atoms with Crippen molar-refractivity contribution in [3.8, 4) is 5.69 Å². The molecule has 6 rings (SSSR count). The molecule has 2 aromatic heterocycles. The van der Waals surface area contributed by atoms with E-state index in [-0.39, 0.29) is 40.7 Å². The van der Waals surface area contributed by atoms with Crippen LogP contribution in [0.3, 0.4) is 0 Å². The summed E-state index contributed by atoms with van der Waals surface area (Å²) in [4.78, 5) is 81.7. The predicted octanol–water partition coefficient (Wildman–Crippen LogP) is 4.39. The van der Waals surface area contributed by atoms with E-state index in [1.165, 1.54) is 23.1 Å². The highest BCUT2D eigenvalue weighted by atomic mass is 35.5. The van der Waals surface area contributed by atoms with Crippen LogP contribution in [0.2, 0.25) is 5.02 Å². The number of benzene rings is 3. The van der Waals surface area contributed by atoms with E-state index in [0.29, 0.717) is 59.5 Å². The summed E-state index contributed by atoms with van der Waals surface area (Å²) in [6.45, 7) is 6.20. The molecule has 3 aromatic carbocycles. The Labute approximate surface area is 330 Å². The minimum absolute atomic E-state index is 0.0324. The third-order valence-electron chi connectivity index (χ3n) is 8.92. The number of aromatic amines is 1. The minimum Gasteiger partial charge on any atom is -0.477 e. The van der Waals surface area contributed by atoms with Crippen LogP contribution in [-0.4, -0.2) is 95.6 Å². The summed E-state index contributed by atoms with van der Waals surface area (Å²) in [6.07, 6.45) is 2.19. The van der Waals surface area contributed by atoms with E-state index in [4.69, 9.17) is 16.3 Å². The van der Waals surface area contributed by atoms with E-state index in [2.05, 4.69) is 41.8 Å². The topological polar surface area (TPSA) is 243 Å². The number of carbonyl (C=O) groups is 6. The second kappa shape index (κ2) is 16.9. The fourth-order valence-corrected chi connectivity index (χ4v) is 6.28. The normalized spacial score (nSPS) is 13.7. The second-order valence-corrected chi connectivity index (χ2v) is 14.7. The van der Waals surface area contributed by atoms with Crippen LogP contribution in [-0.2, 0) is 30.3 Å². The smallest absolute Gasteiger partial charge is 0.352 e. The van der Waals surface area contributed by atoms with Gasteiger partial charge in [0.1, 0.15) is 23.7 Å². The number of hydrogen-bond donors (Lipinski definition) is 6. The number of nitrogens with one attached hydrogen (secondary N) is 5. The van der Waals surface area contributed by atoms with Crippen LogP contribution >= 0.6 is 11.6 Å². The summed E-state index contributed by atoms with van der Waals surface area (Å²) in [6, 6.07) is 15.7. The monoisotopic (exact) mass is 798 g/mol. The Morgan fingerprint density at radius 2 is 1.63 bits per heavy atom. The zero-order chi connectivity index (χ0) is 40.9. The molecule has 0 spiro atoms. The van der Waals surface area contributed by atoms with Crippen LogP contribution in [0.1, 0.15) is 49.7 Å². The summed E-state index contributed by atoms with van der Waals surface area (Å²) in [5, 5.41) is 31.7. The zero-order valence-corrected chi connectivity index (χ0v) is 31.8. The number of tetrazole rings is 1. The number of likely N-dealkylation sites (tertiary alicyclic amines) is 1. The number of halogens is 1. The third-order valence-corrected chi connectivity index (χ3v) is 9.15. The number of carboxylic acids is 1. The quantitative estimate of drug-likeness (QED) is 0.0855. The van der Waals surface area contributed by atoms with Gasteiger partial charge in [0.05, 0.1) is 17.3 Å². The number of piperidine rings is 1. The Morgan fingerprint density at radius 1 is 0.912 bits per heavy atom. The summed E-state index contributed by atoms with van der Waals surface area (Å²) in [5.74, 6) is -4.61. The lowest BCUT2D eigenvalue weighted by Crippen LogP contribution is -2.49. The van der Waals surface area contributed by atoms with Gasteiger partial charge in [0.15, 0.2) is 0 Å². The van der Waals surface area contributed by atoms with E-state index in [1.54, 1.807) is 59.5 Å². The van der Waals surface area contributed by atoms with Gasteiger partial charge in [-0.3, -0.25) is 19.2 Å². The van der Waals surface area contributed by atoms with Crippen LogP contribution in [0, 0.1) is 5.92 Å². The Balaban J connectivity index is 1.14. The molecule has 19 heteroatoms. The van der Waals surface area contributed by atoms with Crippen molar-refractivity contribution >= 4 is 75.3 Å². The number of anilines is 3. The van der Waals surface area contributed by atoms with Gasteiger partial charge in [-0.15, -0.1) is 5.10 Å². The number of carbonyl (C=O) groups excluding carboxylic acids is 5. The molecule has 1 atom stereocenters. The zero-order valence-electron chi connectivity index (χ0n) is 31.0. The Bertz CT molecular complexity index is 2310. The molecular weight excluding hydrogens is 760 g/mol. The SMILES string of the molecule is CC(C)(C)OC(=O)C1CCN(C(=O)Nc2ccc(C[C@H](NC(=O)C(=O)Nc3cc(Cl)ccc3-n3cnnn3)C(=O)Nc3ccc4[nH]c(C(=O)O)cc4c3)cc2)CC1. The molecular formula is C38H39ClN10O8. The molecule has 18 nitrogen and oxygen atoms in total. The second-order valence-electron chi connectivity index (χ2n) is 14.3. The number of rotatable bonds is 10. The lowest BCUT2D eigenvalue weighted by Gasteiger charge is -2.32. The largest absolute Gasteiger partial charge is 0.477 e. The van der Waals surface area contributed by atoms with Crippen LogP contribution < -0.4 is 21.3 Å². The number of aromatic nitrogens is 5. The van der Waals surface area contributed by atoms with Gasteiger partial charge in [-0.2, -0.15) is 4.68 Å². The Kier molecular flexibility index (Phi) is 11.8. The summed E-state index contributed by atoms with van der Waals surface area (Å²) in [7, 11) is 0. The molecule has 3 heterocycles. The molecule has 1 saturated heterocycles. The molecule has 1 aliphatic rings. The van der Waals surface area contributed by atoms with Crippen molar-refractivity contribution < 1.29 is 38.6 Å². The van der Waals surface area contributed by atoms with E-state index < -0.39 is 35.3 Å². The van der Waals surface area contributed by atoms with Gasteiger partial charge >= 0.3 is 29.8 Å². The van der Waals surface area contributed by atoms with Crippen molar-refractivity contribution in [3.63, 3.8) is 0 Å². The minimum atomic E-state index is -1.29. The Morgan fingerprint density at radius 3 is 2.30 bits per heavy atom. The maximum atomic E-state index is 13.8. The van der Waals surface area contributed by atoms with Gasteiger partial charge in [0, 0.05) is 46.8 Å². The van der Waals surface area contributed by atoms with E-state index in [9.17, 15) is 33.9 Å². The van der Waals surface area contributed by atoms with Crippen LogP contribution in [0.15, 0.2) is 73.1 Å². The molecule has 0 radical (unpaired) electrons. The number of hydrogen-bond acceptors (Lipinski definition) is 10. The summed E-state index contributed by atoms with van der Waals surface area (Å²) >= 11 is 6.16. The number of fused-ring (bicyclic) bond motifs is 1. The number of aromatic carboxylic acids is 1. The first-order valence-corrected chi connectivity index (χ1v) is 18.2. The summed E-state index contributed by atoms with van der Waals surface area (Å²) < 4.78 is 6.76. The maximum absolute atomic E-state index is 13.8. The molecule has 1 aliphatic heterocycles. The number of esters is 1. The fourth-order valence-electron chi connectivity index (χ4n) is 6.11. The summed E-state index contributed by atoms with van der Waals surface area (Å²) in [5.41, 5.74) is 1.73. The van der Waals surface area contributed by atoms with Gasteiger partial charge in [0.25, 0.3) is 0 Å². The average molecular weight is 799 g/mol. The number of urea groups is 1. The van der Waals surface area contributed by atoms with Crippen LogP contribution in [0.25, 0.3) is 16.6 Å². The number of carboxylic acid groups (broad SMARTS) is 1. The van der Waals surface area contributed by atoms with Gasteiger partial charge < -0.3 is 41.0 Å². The molecule has 57 heavy (non-hydrogen) atoms. The van der Waals surface area contributed by atoms with Gasteiger partial charge in [0.2, 0.25) is 5.91 Å². The van der Waals surface area contributed by atoms with E-state index >= 15 is 0 Å². The van der Waals surface area contributed by atoms with Crippen LogP contribution in [0.5, 0.6) is 0 Å². The van der Waals surface area contributed by atoms with Crippen LogP contribution in [0.4, 0.5) is 21.9 Å². The molecule has 5 amide bonds. The maximum Gasteiger partial charge on any atom is 0.352 e. The van der Waals surface area contributed by atoms with Gasteiger partial charge in [-0.25, -0.2) is 9.59 Å². The van der Waals surface area contributed by atoms with Crippen molar-refractivity contribution in [2.24, 2.45) is 5.92 Å². The first-order chi connectivity index (χ1) is 27.1. The number of ether oxygens (including phenoxy) is 1. The van der Waals surface area contributed by atoms with Crippen molar-refractivity contribution in [2.75, 3.05) is 29.0 Å². The number of nitrogens with zero attached hydrogens (tertiary/aromatic N) is 5. The highest BCUT2D eigenvalue weighted by Crippen LogP contribution is 2.25. The highest BCUT2D eigenvalue weighted by molar-refractivity contribution is 6.40. The molecule has 296 valence electrons. The number of H-pyrrole nitrogens is 1. The van der Waals surface area contributed by atoms with E-state index in [0.717, 1.165) is 0 Å². The molecule has 0 bridgehead atoms. The molecule has 1 fully saturated rings. The molecule has 0 aliphatic carbocycles. The molecule has 0 saturated carbocycles. The Hall–Kier alpha value is -6.82. The first-order valence-electron chi connectivity index (χ1n) is 17.8. The van der Waals surface area contributed by atoms with Gasteiger partial charge in [-0.05, 0) is 104 Å². The van der Waals surface area contributed by atoms with Crippen molar-refractivity contribution in [1.82, 2.24) is 35.4 Å². The predicted molar refractivity (Wildman–Crippen MR) is 208 cm³/mol. The highest BCUT2D eigenvalue weighted by Gasteiger charge is 2.31. The van der Waals surface area contributed by atoms with Crippen molar-refractivity contribution in [2.45, 2.75) is 51.7 Å². The van der Waals surface area contributed by atoms with Crippen molar-refractivity contribution in [3.05, 3.63) is 89.3 Å². The molecule has 5 aromatic rings.